The van der Waals surface area contributed by atoms with Crippen LogP contribution in [0.1, 0.15) is 27.2 Å². The van der Waals surface area contributed by atoms with Crippen molar-refractivity contribution in [1.82, 2.24) is 10.2 Å². The van der Waals surface area contributed by atoms with Gasteiger partial charge in [-0.25, -0.2) is 9.59 Å². The molecule has 6 heteroatoms. The van der Waals surface area contributed by atoms with Gasteiger partial charge in [0.2, 0.25) is 0 Å². The SMILES string of the molecule is CC(C)C(C)N(C)C(=O)N[C@H](CCO)C(=O)O. The summed E-state index contributed by atoms with van der Waals surface area (Å²) < 4.78 is 0. The minimum Gasteiger partial charge on any atom is -0.480 e. The third-order valence-corrected chi connectivity index (χ3v) is 2.91. The molecular weight excluding hydrogens is 224 g/mol. The molecular formula is C11H22N2O4. The first-order valence-corrected chi connectivity index (χ1v) is 5.68. The molecule has 3 N–H and O–H groups in total. The van der Waals surface area contributed by atoms with Gasteiger partial charge in [0.15, 0.2) is 0 Å². The summed E-state index contributed by atoms with van der Waals surface area (Å²) in [6, 6.07) is -1.47. The van der Waals surface area contributed by atoms with E-state index in [0.29, 0.717) is 0 Å². The van der Waals surface area contributed by atoms with Gasteiger partial charge < -0.3 is 20.4 Å². The number of carboxylic acids is 1. The molecule has 0 aromatic rings. The molecule has 1 unspecified atom stereocenters. The molecule has 0 spiro atoms. The highest BCUT2D eigenvalue weighted by molar-refractivity contribution is 5.82. The molecule has 6 nitrogen and oxygen atoms in total. The number of urea groups is 1. The van der Waals surface area contributed by atoms with E-state index in [4.69, 9.17) is 10.2 Å². The van der Waals surface area contributed by atoms with Gasteiger partial charge in [-0.1, -0.05) is 13.8 Å². The van der Waals surface area contributed by atoms with Crippen molar-refractivity contribution in [1.29, 1.82) is 0 Å². The maximum atomic E-state index is 11.7. The van der Waals surface area contributed by atoms with Gasteiger partial charge in [0.1, 0.15) is 6.04 Å². The molecule has 0 saturated carbocycles. The first-order valence-electron chi connectivity index (χ1n) is 5.68. The zero-order valence-electron chi connectivity index (χ0n) is 10.8. The summed E-state index contributed by atoms with van der Waals surface area (Å²) in [5, 5.41) is 19.9. The van der Waals surface area contributed by atoms with Crippen molar-refractivity contribution in [2.75, 3.05) is 13.7 Å². The van der Waals surface area contributed by atoms with Crippen LogP contribution in [-0.4, -0.2) is 52.9 Å². The van der Waals surface area contributed by atoms with Gasteiger partial charge >= 0.3 is 12.0 Å². The Bertz CT molecular complexity index is 268. The van der Waals surface area contributed by atoms with Gasteiger partial charge in [-0.3, -0.25) is 0 Å². The Morgan fingerprint density at radius 1 is 1.29 bits per heavy atom. The molecule has 0 aromatic carbocycles. The Kier molecular flexibility index (Phi) is 6.57. The molecule has 0 aliphatic rings. The summed E-state index contributed by atoms with van der Waals surface area (Å²) >= 11 is 0. The molecule has 100 valence electrons. The van der Waals surface area contributed by atoms with Crippen LogP contribution in [0, 0.1) is 5.92 Å². The fourth-order valence-corrected chi connectivity index (χ4v) is 1.27. The van der Waals surface area contributed by atoms with Crippen LogP contribution in [0.3, 0.4) is 0 Å². The van der Waals surface area contributed by atoms with Crippen molar-refractivity contribution >= 4 is 12.0 Å². The number of hydrogen-bond donors (Lipinski definition) is 3. The van der Waals surface area contributed by atoms with Crippen LogP contribution in [0.2, 0.25) is 0 Å². The molecule has 0 heterocycles. The van der Waals surface area contributed by atoms with Crippen molar-refractivity contribution in [3.63, 3.8) is 0 Å². The van der Waals surface area contributed by atoms with E-state index < -0.39 is 18.0 Å². The van der Waals surface area contributed by atoms with Crippen LogP contribution >= 0.6 is 0 Å². The first-order chi connectivity index (χ1) is 7.81. The van der Waals surface area contributed by atoms with Gasteiger partial charge in [0, 0.05) is 26.1 Å². The summed E-state index contributed by atoms with van der Waals surface area (Å²) in [6.45, 7) is 5.58. The van der Waals surface area contributed by atoms with Gasteiger partial charge in [-0.2, -0.15) is 0 Å². The van der Waals surface area contributed by atoms with E-state index in [1.807, 2.05) is 20.8 Å². The molecule has 2 atom stereocenters. The molecule has 0 aromatic heterocycles. The van der Waals surface area contributed by atoms with Crippen LogP contribution in [0.4, 0.5) is 4.79 Å². The minimum atomic E-state index is -1.14. The lowest BCUT2D eigenvalue weighted by Gasteiger charge is -2.29. The number of nitrogens with zero attached hydrogens (tertiary/aromatic N) is 1. The van der Waals surface area contributed by atoms with Crippen molar-refractivity contribution in [3.05, 3.63) is 0 Å². The highest BCUT2D eigenvalue weighted by atomic mass is 16.4. The topological polar surface area (TPSA) is 89.9 Å². The lowest BCUT2D eigenvalue weighted by atomic mass is 10.1. The largest absolute Gasteiger partial charge is 0.480 e. The van der Waals surface area contributed by atoms with E-state index in [1.54, 1.807) is 7.05 Å². The van der Waals surface area contributed by atoms with Gasteiger partial charge in [0.05, 0.1) is 0 Å². The quantitative estimate of drug-likeness (QED) is 0.637. The molecule has 17 heavy (non-hydrogen) atoms. The summed E-state index contributed by atoms with van der Waals surface area (Å²) in [4.78, 5) is 24.0. The Morgan fingerprint density at radius 2 is 1.82 bits per heavy atom. The monoisotopic (exact) mass is 246 g/mol. The van der Waals surface area contributed by atoms with Crippen LogP contribution in [0.15, 0.2) is 0 Å². The predicted molar refractivity (Wildman–Crippen MR) is 63.7 cm³/mol. The Hall–Kier alpha value is -1.30. The number of aliphatic hydroxyl groups excluding tert-OH is 1. The highest BCUT2D eigenvalue weighted by Crippen LogP contribution is 2.08. The molecule has 0 radical (unpaired) electrons. The number of carbonyl (C=O) groups is 2. The molecule has 0 aliphatic carbocycles. The maximum Gasteiger partial charge on any atom is 0.326 e. The number of nitrogens with one attached hydrogen (secondary N) is 1. The van der Waals surface area contributed by atoms with Crippen LogP contribution in [0.5, 0.6) is 0 Å². The fraction of sp³-hybridized carbons (Fsp3) is 0.818. The van der Waals surface area contributed by atoms with Gasteiger partial charge in [-0.05, 0) is 12.8 Å². The number of amides is 2. The van der Waals surface area contributed by atoms with Gasteiger partial charge in [-0.15, -0.1) is 0 Å². The number of hydrogen-bond acceptors (Lipinski definition) is 3. The zero-order chi connectivity index (χ0) is 13.6. The van der Waals surface area contributed by atoms with Crippen LogP contribution in [0.25, 0.3) is 0 Å². The van der Waals surface area contributed by atoms with Crippen molar-refractivity contribution in [2.45, 2.75) is 39.3 Å². The Labute approximate surface area is 102 Å². The molecule has 2 amide bonds. The molecule has 0 aliphatic heterocycles. The normalized spacial score (nSPS) is 14.2. The predicted octanol–water partition coefficient (Wildman–Crippen LogP) is 0.508. The summed E-state index contributed by atoms with van der Waals surface area (Å²) in [5.41, 5.74) is 0. The van der Waals surface area contributed by atoms with E-state index in [9.17, 15) is 9.59 Å². The van der Waals surface area contributed by atoms with Crippen LogP contribution < -0.4 is 5.32 Å². The number of aliphatic hydroxyl groups is 1. The van der Waals surface area contributed by atoms with Crippen LogP contribution in [-0.2, 0) is 4.79 Å². The zero-order valence-corrected chi connectivity index (χ0v) is 10.8. The standard InChI is InChI=1S/C11H22N2O4/c1-7(2)8(3)13(4)11(17)12-9(5-6-14)10(15)16/h7-9,14H,5-6H2,1-4H3,(H,12,17)(H,15,16)/t8?,9-/m1/s1. The Balaban J connectivity index is 4.45. The highest BCUT2D eigenvalue weighted by Gasteiger charge is 2.24. The molecule has 0 saturated heterocycles. The average Bonchev–Trinajstić information content (AvgIpc) is 2.25. The fourth-order valence-electron chi connectivity index (χ4n) is 1.27. The summed E-state index contributed by atoms with van der Waals surface area (Å²) in [7, 11) is 1.62. The maximum absolute atomic E-state index is 11.7. The second-order valence-corrected chi connectivity index (χ2v) is 4.45. The average molecular weight is 246 g/mol. The number of carbonyl (C=O) groups excluding carboxylic acids is 1. The van der Waals surface area contributed by atoms with E-state index in [1.165, 1.54) is 4.90 Å². The van der Waals surface area contributed by atoms with Gasteiger partial charge in [0.25, 0.3) is 0 Å². The lowest BCUT2D eigenvalue weighted by Crippen LogP contribution is -2.50. The third-order valence-electron chi connectivity index (χ3n) is 2.91. The molecule has 0 rings (SSSR count). The van der Waals surface area contributed by atoms with E-state index in [2.05, 4.69) is 5.32 Å². The first kappa shape index (κ1) is 15.7. The van der Waals surface area contributed by atoms with E-state index in [0.717, 1.165) is 0 Å². The number of carboxylic acid groups (broad SMARTS) is 1. The summed E-state index contributed by atoms with van der Waals surface area (Å²) in [6.07, 6.45) is 0.00493. The summed E-state index contributed by atoms with van der Waals surface area (Å²) in [5.74, 6) is -0.857. The number of rotatable bonds is 6. The third kappa shape index (κ3) is 5.04. The van der Waals surface area contributed by atoms with Crippen molar-refractivity contribution < 1.29 is 19.8 Å². The lowest BCUT2D eigenvalue weighted by molar-refractivity contribution is -0.139. The van der Waals surface area contributed by atoms with E-state index >= 15 is 0 Å². The minimum absolute atomic E-state index is 0.00493. The smallest absolute Gasteiger partial charge is 0.326 e. The Morgan fingerprint density at radius 3 is 2.18 bits per heavy atom. The van der Waals surface area contributed by atoms with E-state index in [-0.39, 0.29) is 25.0 Å². The van der Waals surface area contributed by atoms with Crippen molar-refractivity contribution in [3.8, 4) is 0 Å². The second kappa shape index (κ2) is 7.11. The molecule has 0 bridgehead atoms. The molecule has 0 fully saturated rings. The van der Waals surface area contributed by atoms with Crippen molar-refractivity contribution in [2.24, 2.45) is 5.92 Å². The second-order valence-electron chi connectivity index (χ2n) is 4.45. The number of aliphatic carboxylic acids is 1.